The molecule has 0 aromatic heterocycles. The van der Waals surface area contributed by atoms with Gasteiger partial charge in [0.2, 0.25) is 0 Å². The van der Waals surface area contributed by atoms with E-state index in [0.717, 1.165) is 44.5 Å². The Hall–Kier alpha value is -1.17. The summed E-state index contributed by atoms with van der Waals surface area (Å²) in [5.41, 5.74) is 2.48. The highest BCUT2D eigenvalue weighted by atomic mass is 32.2. The van der Waals surface area contributed by atoms with Crippen molar-refractivity contribution in [3.05, 3.63) is 35.9 Å². The first-order chi connectivity index (χ1) is 10.3. The zero-order chi connectivity index (χ0) is 14.7. The molecule has 0 aliphatic carbocycles. The molecule has 0 saturated carbocycles. The lowest BCUT2D eigenvalue weighted by Gasteiger charge is -2.29. The van der Waals surface area contributed by atoms with Crippen molar-refractivity contribution in [2.45, 2.75) is 5.25 Å². The van der Waals surface area contributed by atoms with E-state index in [1.165, 1.54) is 11.4 Å². The summed E-state index contributed by atoms with van der Waals surface area (Å²) in [4.78, 5) is 4.64. The molecule has 21 heavy (non-hydrogen) atoms. The first-order valence-corrected chi connectivity index (χ1v) is 8.20. The second-order valence-corrected chi connectivity index (χ2v) is 6.69. The average molecular weight is 306 g/mol. The van der Waals surface area contributed by atoms with Gasteiger partial charge in [-0.3, -0.25) is 0 Å². The van der Waals surface area contributed by atoms with Gasteiger partial charge in [0.25, 0.3) is 0 Å². The predicted octanol–water partition coefficient (Wildman–Crippen LogP) is 2.56. The summed E-state index contributed by atoms with van der Waals surface area (Å²) in [6.07, 6.45) is 0. The molecule has 0 spiro atoms. The Labute approximate surface area is 130 Å². The quantitative estimate of drug-likeness (QED) is 0.851. The maximum atomic E-state index is 5.40. The lowest BCUT2D eigenvalue weighted by atomic mass is 10.2. The van der Waals surface area contributed by atoms with Crippen LogP contribution in [0.2, 0.25) is 0 Å². The Morgan fingerprint density at radius 1 is 1.24 bits per heavy atom. The fourth-order valence-electron chi connectivity index (χ4n) is 2.79. The van der Waals surface area contributed by atoms with E-state index in [1.807, 2.05) is 0 Å². The van der Waals surface area contributed by atoms with Crippen LogP contribution in [0, 0.1) is 0 Å². The number of ether oxygens (including phenoxy) is 2. The van der Waals surface area contributed by atoms with Gasteiger partial charge in [0, 0.05) is 38.1 Å². The zero-order valence-corrected chi connectivity index (χ0v) is 13.3. The summed E-state index contributed by atoms with van der Waals surface area (Å²) < 4.78 is 10.6. The SMILES string of the molecule is C=C1S[C@@H](COC)CN1c1ccc(N2CCOCC2)cc1. The van der Waals surface area contributed by atoms with Gasteiger partial charge in [-0.2, -0.15) is 0 Å². The molecule has 1 atom stereocenters. The number of anilines is 2. The van der Waals surface area contributed by atoms with Crippen LogP contribution in [0.3, 0.4) is 0 Å². The third-order valence-electron chi connectivity index (χ3n) is 3.88. The number of thioether (sulfide) groups is 1. The number of benzene rings is 1. The topological polar surface area (TPSA) is 24.9 Å². The molecule has 0 radical (unpaired) electrons. The van der Waals surface area contributed by atoms with Gasteiger partial charge in [0.15, 0.2) is 0 Å². The Kier molecular flexibility index (Phi) is 4.73. The van der Waals surface area contributed by atoms with Gasteiger partial charge in [-0.05, 0) is 24.3 Å². The van der Waals surface area contributed by atoms with E-state index >= 15 is 0 Å². The number of morpholine rings is 1. The zero-order valence-electron chi connectivity index (χ0n) is 12.5. The highest BCUT2D eigenvalue weighted by molar-refractivity contribution is 8.04. The number of hydrogen-bond acceptors (Lipinski definition) is 5. The second-order valence-electron chi connectivity index (χ2n) is 5.32. The maximum absolute atomic E-state index is 5.40. The molecule has 0 N–H and O–H groups in total. The molecule has 0 amide bonds. The molecule has 4 nitrogen and oxygen atoms in total. The Morgan fingerprint density at radius 3 is 2.57 bits per heavy atom. The van der Waals surface area contributed by atoms with Gasteiger partial charge in [0.05, 0.1) is 30.1 Å². The van der Waals surface area contributed by atoms with Crippen LogP contribution in [0.5, 0.6) is 0 Å². The molecule has 0 unspecified atom stereocenters. The van der Waals surface area contributed by atoms with E-state index in [-0.39, 0.29) is 0 Å². The molecule has 2 heterocycles. The Balaban J connectivity index is 1.67. The van der Waals surface area contributed by atoms with Crippen molar-refractivity contribution in [3.63, 3.8) is 0 Å². The van der Waals surface area contributed by atoms with E-state index in [0.29, 0.717) is 5.25 Å². The summed E-state index contributed by atoms with van der Waals surface area (Å²) >= 11 is 1.80. The van der Waals surface area contributed by atoms with Gasteiger partial charge in [0.1, 0.15) is 0 Å². The normalized spacial score (nSPS) is 22.9. The van der Waals surface area contributed by atoms with E-state index in [4.69, 9.17) is 9.47 Å². The molecule has 2 aliphatic heterocycles. The van der Waals surface area contributed by atoms with Gasteiger partial charge in [-0.1, -0.05) is 6.58 Å². The standard InChI is InChI=1S/C16H22N2O2S/c1-13-18(11-16(21-13)12-19-2)15-5-3-14(4-6-15)17-7-9-20-10-8-17/h3-6,16H,1,7-12H2,2H3/t16-/m1/s1. The monoisotopic (exact) mass is 306 g/mol. The smallest absolute Gasteiger partial charge is 0.0683 e. The third kappa shape index (κ3) is 3.36. The van der Waals surface area contributed by atoms with E-state index < -0.39 is 0 Å². The number of rotatable bonds is 4. The lowest BCUT2D eigenvalue weighted by Crippen LogP contribution is -2.36. The number of hydrogen-bond donors (Lipinski definition) is 0. The van der Waals surface area contributed by atoms with E-state index in [1.54, 1.807) is 18.9 Å². The van der Waals surface area contributed by atoms with Crippen LogP contribution in [0.25, 0.3) is 0 Å². The minimum Gasteiger partial charge on any atom is -0.383 e. The summed E-state index contributed by atoms with van der Waals surface area (Å²) in [5, 5.41) is 1.58. The predicted molar refractivity (Wildman–Crippen MR) is 89.2 cm³/mol. The average Bonchev–Trinajstić information content (AvgIpc) is 2.89. The van der Waals surface area contributed by atoms with Crippen molar-refractivity contribution < 1.29 is 9.47 Å². The summed E-state index contributed by atoms with van der Waals surface area (Å²) in [7, 11) is 1.75. The van der Waals surface area contributed by atoms with Crippen LogP contribution in [0.15, 0.2) is 35.9 Å². The second kappa shape index (κ2) is 6.73. The maximum Gasteiger partial charge on any atom is 0.0683 e. The number of methoxy groups -OCH3 is 1. The first-order valence-electron chi connectivity index (χ1n) is 7.33. The van der Waals surface area contributed by atoms with E-state index in [9.17, 15) is 0 Å². The molecule has 5 heteroatoms. The van der Waals surface area contributed by atoms with Crippen LogP contribution in [0.4, 0.5) is 11.4 Å². The molecule has 2 aliphatic rings. The molecular formula is C16H22N2O2S. The summed E-state index contributed by atoms with van der Waals surface area (Å²) in [6, 6.07) is 8.77. The van der Waals surface area contributed by atoms with Gasteiger partial charge in [-0.25, -0.2) is 0 Å². The van der Waals surface area contributed by atoms with Gasteiger partial charge >= 0.3 is 0 Å². The molecule has 1 aromatic rings. The largest absolute Gasteiger partial charge is 0.383 e. The fraction of sp³-hybridized carbons (Fsp3) is 0.500. The lowest BCUT2D eigenvalue weighted by molar-refractivity contribution is 0.122. The van der Waals surface area contributed by atoms with Crippen molar-refractivity contribution in [3.8, 4) is 0 Å². The van der Waals surface area contributed by atoms with Crippen LogP contribution in [-0.4, -0.2) is 51.8 Å². The first kappa shape index (κ1) is 14.8. The molecule has 114 valence electrons. The number of nitrogens with zero attached hydrogens (tertiary/aromatic N) is 2. The van der Waals surface area contributed by atoms with Crippen molar-refractivity contribution in [2.75, 3.05) is 56.4 Å². The van der Waals surface area contributed by atoms with Crippen LogP contribution >= 0.6 is 11.8 Å². The molecule has 1 aromatic carbocycles. The Morgan fingerprint density at radius 2 is 1.90 bits per heavy atom. The molecule has 0 bridgehead atoms. The van der Waals surface area contributed by atoms with Crippen molar-refractivity contribution in [2.24, 2.45) is 0 Å². The fourth-order valence-corrected chi connectivity index (χ4v) is 3.91. The highest BCUT2D eigenvalue weighted by Gasteiger charge is 2.27. The van der Waals surface area contributed by atoms with Crippen molar-refractivity contribution >= 4 is 23.1 Å². The van der Waals surface area contributed by atoms with Crippen LogP contribution in [0.1, 0.15) is 0 Å². The van der Waals surface area contributed by atoms with Crippen molar-refractivity contribution in [1.82, 2.24) is 0 Å². The van der Waals surface area contributed by atoms with Gasteiger partial charge < -0.3 is 19.3 Å². The minimum absolute atomic E-state index is 0.474. The van der Waals surface area contributed by atoms with Gasteiger partial charge in [-0.15, -0.1) is 11.8 Å². The van der Waals surface area contributed by atoms with Crippen LogP contribution < -0.4 is 9.80 Å². The van der Waals surface area contributed by atoms with Crippen molar-refractivity contribution in [1.29, 1.82) is 0 Å². The van der Waals surface area contributed by atoms with Crippen LogP contribution in [-0.2, 0) is 9.47 Å². The summed E-state index contributed by atoms with van der Waals surface area (Å²) in [6.45, 7) is 9.49. The molecular weight excluding hydrogens is 284 g/mol. The Bertz CT molecular complexity index is 486. The molecule has 2 fully saturated rings. The summed E-state index contributed by atoms with van der Waals surface area (Å²) in [5.74, 6) is 0. The third-order valence-corrected chi connectivity index (χ3v) is 4.99. The molecule has 3 rings (SSSR count). The molecule has 2 saturated heterocycles. The van der Waals surface area contributed by atoms with E-state index in [2.05, 4.69) is 40.6 Å². The highest BCUT2D eigenvalue weighted by Crippen LogP contribution is 2.37. The minimum atomic E-state index is 0.474.